The largest absolute Gasteiger partial charge is 0.450 e. The van der Waals surface area contributed by atoms with Gasteiger partial charge in [0.05, 0.1) is 17.2 Å². The maximum absolute atomic E-state index is 12.1. The lowest BCUT2D eigenvalue weighted by Gasteiger charge is -2.29. The second-order valence-electron chi connectivity index (χ2n) is 7.47. The van der Waals surface area contributed by atoms with Crippen LogP contribution in [-0.4, -0.2) is 48.6 Å². The lowest BCUT2D eigenvalue weighted by atomic mass is 9.88. The van der Waals surface area contributed by atoms with Crippen LogP contribution in [0, 0.1) is 0 Å². The first-order chi connectivity index (χ1) is 14.4. The van der Waals surface area contributed by atoms with Crippen LogP contribution in [0.4, 0.5) is 4.79 Å². The summed E-state index contributed by atoms with van der Waals surface area (Å²) in [6, 6.07) is 8.72. The maximum atomic E-state index is 12.1. The monoisotopic (exact) mass is 428 g/mol. The Balaban J connectivity index is 1.79. The number of carbonyl (C=O) groups is 1. The molecule has 0 saturated carbocycles. The molecule has 30 heavy (non-hydrogen) atoms. The van der Waals surface area contributed by atoms with Crippen molar-refractivity contribution < 1.29 is 22.5 Å². The minimum Gasteiger partial charge on any atom is -0.450 e. The van der Waals surface area contributed by atoms with E-state index in [0.717, 1.165) is 34.4 Å². The van der Waals surface area contributed by atoms with Crippen LogP contribution in [0.3, 0.4) is 0 Å². The summed E-state index contributed by atoms with van der Waals surface area (Å²) >= 11 is 0. The molecule has 0 unspecified atom stereocenters. The number of benzene rings is 1. The summed E-state index contributed by atoms with van der Waals surface area (Å²) in [6.07, 6.45) is 4.26. The number of aryl methyl sites for hydroxylation is 2. The van der Waals surface area contributed by atoms with Crippen molar-refractivity contribution in [1.82, 2.24) is 9.88 Å². The van der Waals surface area contributed by atoms with E-state index in [4.69, 9.17) is 4.74 Å². The van der Waals surface area contributed by atoms with Crippen molar-refractivity contribution >= 4 is 21.8 Å². The van der Waals surface area contributed by atoms with E-state index in [2.05, 4.69) is 4.98 Å². The second kappa shape index (κ2) is 8.20. The minimum atomic E-state index is -4.27. The highest BCUT2D eigenvalue weighted by molar-refractivity contribution is 7.85. The number of fused-ring (bicyclic) bond motifs is 2. The number of pyridine rings is 1. The number of piperidine rings is 1. The van der Waals surface area contributed by atoms with E-state index in [9.17, 15) is 17.8 Å². The Kier molecular flexibility index (Phi) is 5.62. The van der Waals surface area contributed by atoms with E-state index in [-0.39, 0.29) is 11.0 Å². The first-order valence-corrected chi connectivity index (χ1v) is 11.5. The third-order valence-electron chi connectivity index (χ3n) is 5.68. The summed E-state index contributed by atoms with van der Waals surface area (Å²) in [4.78, 5) is 18.3. The number of aromatic nitrogens is 1. The zero-order valence-electron chi connectivity index (χ0n) is 16.8. The van der Waals surface area contributed by atoms with Gasteiger partial charge in [-0.15, -0.1) is 0 Å². The van der Waals surface area contributed by atoms with Crippen molar-refractivity contribution in [2.75, 3.05) is 19.7 Å². The molecule has 2 aromatic rings. The molecule has 0 spiro atoms. The first-order valence-electron chi connectivity index (χ1n) is 10.1. The molecule has 1 aliphatic heterocycles. The Hall–Kier alpha value is -2.71. The van der Waals surface area contributed by atoms with Crippen molar-refractivity contribution in [1.29, 1.82) is 0 Å². The predicted octanol–water partition coefficient (Wildman–Crippen LogP) is 3.48. The van der Waals surface area contributed by atoms with Crippen molar-refractivity contribution in [2.24, 2.45) is 0 Å². The highest BCUT2D eigenvalue weighted by Crippen LogP contribution is 2.38. The second-order valence-corrected chi connectivity index (χ2v) is 8.89. The van der Waals surface area contributed by atoms with E-state index < -0.39 is 10.1 Å². The Bertz CT molecular complexity index is 1110. The predicted molar refractivity (Wildman–Crippen MR) is 112 cm³/mol. The molecule has 0 radical (unpaired) electrons. The zero-order chi connectivity index (χ0) is 21.3. The number of nitrogens with zero attached hydrogens (tertiary/aromatic N) is 2. The summed E-state index contributed by atoms with van der Waals surface area (Å²) in [5, 5.41) is 0. The van der Waals surface area contributed by atoms with Crippen LogP contribution in [0.15, 0.2) is 47.0 Å². The van der Waals surface area contributed by atoms with Crippen LogP contribution >= 0.6 is 0 Å². The van der Waals surface area contributed by atoms with Crippen LogP contribution in [0.5, 0.6) is 0 Å². The van der Waals surface area contributed by atoms with Gasteiger partial charge >= 0.3 is 6.09 Å². The SMILES string of the molecule is CCOC(=O)N1CCC(=C2c3ccc(S(=O)(=O)O)cc3CCc3cccnc32)CC1. The molecule has 1 aromatic heterocycles. The Morgan fingerprint density at radius 2 is 1.87 bits per heavy atom. The van der Waals surface area contributed by atoms with E-state index in [1.54, 1.807) is 30.2 Å². The average Bonchev–Trinajstić information content (AvgIpc) is 2.90. The summed E-state index contributed by atoms with van der Waals surface area (Å²) < 4.78 is 37.9. The lowest BCUT2D eigenvalue weighted by Crippen LogP contribution is -2.37. The van der Waals surface area contributed by atoms with Gasteiger partial charge in [-0.1, -0.05) is 17.7 Å². The van der Waals surface area contributed by atoms with Crippen LogP contribution in [0.25, 0.3) is 5.57 Å². The lowest BCUT2D eigenvalue weighted by molar-refractivity contribution is 0.104. The first kappa shape index (κ1) is 20.6. The van der Waals surface area contributed by atoms with Crippen LogP contribution in [-0.2, 0) is 27.7 Å². The van der Waals surface area contributed by atoms with Crippen LogP contribution in [0.2, 0.25) is 0 Å². The molecule has 1 amide bonds. The van der Waals surface area contributed by atoms with Crippen molar-refractivity contribution in [3.8, 4) is 0 Å². The molecular formula is C22H24N2O5S. The normalized spacial score (nSPS) is 16.5. The van der Waals surface area contributed by atoms with Gasteiger partial charge in [-0.2, -0.15) is 8.42 Å². The van der Waals surface area contributed by atoms with Gasteiger partial charge in [0.25, 0.3) is 10.1 Å². The molecular weight excluding hydrogens is 404 g/mol. The molecule has 1 aromatic carbocycles. The number of ether oxygens (including phenoxy) is 1. The number of hydrogen-bond donors (Lipinski definition) is 1. The topological polar surface area (TPSA) is 96.8 Å². The molecule has 0 atom stereocenters. The molecule has 4 rings (SSSR count). The van der Waals surface area contributed by atoms with Gasteiger partial charge in [0.1, 0.15) is 0 Å². The number of amides is 1. The fraction of sp³-hybridized carbons (Fsp3) is 0.364. The van der Waals surface area contributed by atoms with E-state index in [1.165, 1.54) is 11.6 Å². The van der Waals surface area contributed by atoms with E-state index in [1.807, 2.05) is 12.1 Å². The van der Waals surface area contributed by atoms with Crippen molar-refractivity contribution in [2.45, 2.75) is 37.5 Å². The smallest absolute Gasteiger partial charge is 0.409 e. The number of rotatable bonds is 2. The Labute approximate surface area is 176 Å². The molecule has 2 aliphatic rings. The third-order valence-corrected chi connectivity index (χ3v) is 6.53. The molecule has 1 fully saturated rings. The van der Waals surface area contributed by atoms with Gasteiger partial charge in [-0.25, -0.2) is 4.79 Å². The Morgan fingerprint density at radius 3 is 2.57 bits per heavy atom. The van der Waals surface area contributed by atoms with Gasteiger partial charge in [0.15, 0.2) is 0 Å². The zero-order valence-corrected chi connectivity index (χ0v) is 17.6. The molecule has 1 N–H and O–H groups in total. The molecule has 7 nitrogen and oxygen atoms in total. The summed E-state index contributed by atoms with van der Waals surface area (Å²) in [7, 11) is -4.27. The van der Waals surface area contributed by atoms with Gasteiger partial charge in [0.2, 0.25) is 0 Å². The number of likely N-dealkylation sites (tertiary alicyclic amines) is 1. The fourth-order valence-corrected chi connectivity index (χ4v) is 4.76. The minimum absolute atomic E-state index is 0.0957. The van der Waals surface area contributed by atoms with Crippen LogP contribution < -0.4 is 0 Å². The summed E-state index contributed by atoms with van der Waals surface area (Å²) in [5.41, 5.74) is 6.05. The maximum Gasteiger partial charge on any atom is 0.409 e. The van der Waals surface area contributed by atoms with Gasteiger partial charge in [-0.3, -0.25) is 9.54 Å². The molecule has 2 heterocycles. The van der Waals surface area contributed by atoms with Gasteiger partial charge in [0, 0.05) is 24.9 Å². The molecule has 158 valence electrons. The van der Waals surface area contributed by atoms with Gasteiger partial charge in [-0.05, 0) is 67.5 Å². The summed E-state index contributed by atoms with van der Waals surface area (Å²) in [6.45, 7) is 3.28. The summed E-state index contributed by atoms with van der Waals surface area (Å²) in [5.74, 6) is 0. The van der Waals surface area contributed by atoms with Crippen molar-refractivity contribution in [3.63, 3.8) is 0 Å². The highest BCUT2D eigenvalue weighted by atomic mass is 32.2. The van der Waals surface area contributed by atoms with Crippen molar-refractivity contribution in [3.05, 3.63) is 64.5 Å². The highest BCUT2D eigenvalue weighted by Gasteiger charge is 2.27. The molecule has 0 bridgehead atoms. The fourth-order valence-electron chi connectivity index (χ4n) is 4.23. The standard InChI is InChI=1S/C22H24N2O5S/c1-2-29-22(25)24-12-9-15(10-13-24)20-19-8-7-18(30(26,27)28)14-17(19)6-5-16-4-3-11-23-21(16)20/h3-4,7-8,11,14H,2,5-6,9-10,12-13H2,1H3,(H,26,27,28). The third kappa shape index (κ3) is 3.97. The number of hydrogen-bond acceptors (Lipinski definition) is 5. The molecule has 1 aliphatic carbocycles. The van der Waals surface area contributed by atoms with Crippen LogP contribution in [0.1, 0.15) is 42.1 Å². The van der Waals surface area contributed by atoms with E-state index in [0.29, 0.717) is 39.0 Å². The Morgan fingerprint density at radius 1 is 1.13 bits per heavy atom. The average molecular weight is 429 g/mol. The quantitative estimate of drug-likeness (QED) is 0.736. The number of carbonyl (C=O) groups excluding carboxylic acids is 1. The van der Waals surface area contributed by atoms with Gasteiger partial charge < -0.3 is 9.64 Å². The molecule has 1 saturated heterocycles. The molecule has 8 heteroatoms. The van der Waals surface area contributed by atoms with E-state index >= 15 is 0 Å².